The molecule has 0 aliphatic heterocycles. The number of carbonyl (C=O) groups is 1. The van der Waals surface area contributed by atoms with Crippen molar-refractivity contribution < 1.29 is 4.79 Å². The van der Waals surface area contributed by atoms with Crippen LogP contribution in [0, 0.1) is 6.92 Å². The number of nitrogens with zero attached hydrogens (tertiary/aromatic N) is 2. The number of pyridine rings is 1. The van der Waals surface area contributed by atoms with Gasteiger partial charge < -0.3 is 10.2 Å². The van der Waals surface area contributed by atoms with Gasteiger partial charge in [-0.2, -0.15) is 0 Å². The average molecular weight is 283 g/mol. The molecule has 0 unspecified atom stereocenters. The van der Waals surface area contributed by atoms with Crippen LogP contribution in [0.15, 0.2) is 42.6 Å². The molecule has 110 valence electrons. The third kappa shape index (κ3) is 3.81. The zero-order valence-corrected chi connectivity index (χ0v) is 12.8. The van der Waals surface area contributed by atoms with E-state index in [1.807, 2.05) is 43.3 Å². The number of anilines is 1. The lowest BCUT2D eigenvalue weighted by Gasteiger charge is -2.17. The van der Waals surface area contributed by atoms with Crippen molar-refractivity contribution in [1.29, 1.82) is 0 Å². The second-order valence-corrected chi connectivity index (χ2v) is 5.04. The summed E-state index contributed by atoms with van der Waals surface area (Å²) in [6.45, 7) is 5.44. The van der Waals surface area contributed by atoms with Gasteiger partial charge in [0.05, 0.1) is 12.2 Å². The number of nitrogens with one attached hydrogen (secondary N) is 1. The number of carbonyl (C=O) groups excluding carboxylic acids is 1. The van der Waals surface area contributed by atoms with E-state index in [-0.39, 0.29) is 5.91 Å². The molecule has 4 nitrogen and oxygen atoms in total. The summed E-state index contributed by atoms with van der Waals surface area (Å²) in [5, 5.41) is 3.28. The van der Waals surface area contributed by atoms with Crippen LogP contribution in [0.25, 0.3) is 0 Å². The first-order valence-electron chi connectivity index (χ1n) is 7.11. The Morgan fingerprint density at radius 3 is 2.71 bits per heavy atom. The van der Waals surface area contributed by atoms with Crippen molar-refractivity contribution >= 4 is 11.6 Å². The normalized spacial score (nSPS) is 10.2. The summed E-state index contributed by atoms with van der Waals surface area (Å²) >= 11 is 0. The summed E-state index contributed by atoms with van der Waals surface area (Å²) in [7, 11) is 1.80. The molecule has 0 bridgehead atoms. The van der Waals surface area contributed by atoms with E-state index in [1.54, 1.807) is 18.1 Å². The molecule has 0 aliphatic rings. The molecule has 21 heavy (non-hydrogen) atoms. The molecular weight excluding hydrogens is 262 g/mol. The largest absolute Gasteiger partial charge is 0.385 e. The van der Waals surface area contributed by atoms with Crippen molar-refractivity contribution in [3.8, 4) is 0 Å². The van der Waals surface area contributed by atoms with Crippen molar-refractivity contribution in [1.82, 2.24) is 9.88 Å². The molecule has 0 atom stereocenters. The monoisotopic (exact) mass is 283 g/mol. The van der Waals surface area contributed by atoms with Crippen LogP contribution in [0.2, 0.25) is 0 Å². The van der Waals surface area contributed by atoms with Crippen LogP contribution >= 0.6 is 0 Å². The molecule has 0 spiro atoms. The number of aromatic nitrogens is 1. The molecule has 1 N–H and O–H groups in total. The third-order valence-corrected chi connectivity index (χ3v) is 3.31. The van der Waals surface area contributed by atoms with Gasteiger partial charge in [0.15, 0.2) is 0 Å². The van der Waals surface area contributed by atoms with Crippen molar-refractivity contribution in [2.75, 3.05) is 18.9 Å². The SMILES string of the molecule is CCNc1ccc(C(=O)N(C)Cc2ccccn2)cc1C. The highest BCUT2D eigenvalue weighted by atomic mass is 16.2. The lowest BCUT2D eigenvalue weighted by atomic mass is 10.1. The Labute approximate surface area is 125 Å². The van der Waals surface area contributed by atoms with Crippen LogP contribution in [0.5, 0.6) is 0 Å². The summed E-state index contributed by atoms with van der Waals surface area (Å²) in [6.07, 6.45) is 1.74. The number of hydrogen-bond donors (Lipinski definition) is 1. The maximum atomic E-state index is 12.4. The van der Waals surface area contributed by atoms with Crippen molar-refractivity contribution in [3.63, 3.8) is 0 Å². The van der Waals surface area contributed by atoms with Crippen LogP contribution in [0.4, 0.5) is 5.69 Å². The number of rotatable bonds is 5. The zero-order valence-electron chi connectivity index (χ0n) is 12.8. The molecular formula is C17H21N3O. The zero-order chi connectivity index (χ0) is 15.2. The second-order valence-electron chi connectivity index (χ2n) is 5.04. The van der Waals surface area contributed by atoms with Gasteiger partial charge in [-0.05, 0) is 49.7 Å². The minimum absolute atomic E-state index is 0.00630. The van der Waals surface area contributed by atoms with Crippen molar-refractivity contribution in [2.24, 2.45) is 0 Å². The fourth-order valence-electron chi connectivity index (χ4n) is 2.21. The van der Waals surface area contributed by atoms with Crippen LogP contribution < -0.4 is 5.32 Å². The predicted octanol–water partition coefficient (Wildman–Crippen LogP) is 3.09. The second kappa shape index (κ2) is 6.88. The van der Waals surface area contributed by atoms with Crippen LogP contribution in [0.1, 0.15) is 28.5 Å². The summed E-state index contributed by atoms with van der Waals surface area (Å²) in [4.78, 5) is 18.4. The molecule has 2 rings (SSSR count). The van der Waals surface area contributed by atoms with Crippen LogP contribution in [0.3, 0.4) is 0 Å². The van der Waals surface area contributed by atoms with Crippen LogP contribution in [-0.2, 0) is 6.54 Å². The summed E-state index contributed by atoms with van der Waals surface area (Å²) < 4.78 is 0. The first-order chi connectivity index (χ1) is 10.1. The molecule has 1 aromatic heterocycles. The third-order valence-electron chi connectivity index (χ3n) is 3.31. The van der Waals surface area contributed by atoms with E-state index < -0.39 is 0 Å². The number of benzene rings is 1. The molecule has 0 fully saturated rings. The Kier molecular flexibility index (Phi) is 4.93. The predicted molar refractivity (Wildman–Crippen MR) is 85.4 cm³/mol. The first kappa shape index (κ1) is 15.0. The lowest BCUT2D eigenvalue weighted by Crippen LogP contribution is -2.26. The van der Waals surface area contributed by atoms with E-state index in [9.17, 15) is 4.79 Å². The van der Waals surface area contributed by atoms with Gasteiger partial charge in [-0.25, -0.2) is 0 Å². The molecule has 4 heteroatoms. The van der Waals surface area contributed by atoms with Gasteiger partial charge in [0.1, 0.15) is 0 Å². The average Bonchev–Trinajstić information content (AvgIpc) is 2.49. The summed E-state index contributed by atoms with van der Waals surface area (Å²) in [6, 6.07) is 11.5. The highest BCUT2D eigenvalue weighted by Crippen LogP contribution is 2.17. The number of hydrogen-bond acceptors (Lipinski definition) is 3. The van der Waals surface area contributed by atoms with E-state index in [2.05, 4.69) is 17.2 Å². The van der Waals surface area contributed by atoms with E-state index in [0.717, 1.165) is 23.5 Å². The molecule has 1 aromatic carbocycles. The van der Waals surface area contributed by atoms with Gasteiger partial charge in [-0.1, -0.05) is 6.07 Å². The molecule has 1 heterocycles. The Morgan fingerprint density at radius 2 is 2.10 bits per heavy atom. The molecule has 1 amide bonds. The maximum absolute atomic E-state index is 12.4. The highest BCUT2D eigenvalue weighted by molar-refractivity contribution is 5.94. The smallest absolute Gasteiger partial charge is 0.253 e. The van der Waals surface area contributed by atoms with E-state index >= 15 is 0 Å². The molecule has 2 aromatic rings. The maximum Gasteiger partial charge on any atom is 0.253 e. The van der Waals surface area contributed by atoms with Crippen molar-refractivity contribution in [2.45, 2.75) is 20.4 Å². The minimum atomic E-state index is 0.00630. The Balaban J connectivity index is 2.10. The standard InChI is InChI=1S/C17H21N3O/c1-4-18-16-9-8-14(11-13(16)2)17(21)20(3)12-15-7-5-6-10-19-15/h5-11,18H,4,12H2,1-3H3. The fourth-order valence-corrected chi connectivity index (χ4v) is 2.21. The molecule has 0 radical (unpaired) electrons. The number of amides is 1. The molecule has 0 aliphatic carbocycles. The van der Waals surface area contributed by atoms with Gasteiger partial charge in [0, 0.05) is 31.0 Å². The summed E-state index contributed by atoms with van der Waals surface area (Å²) in [5.74, 6) is 0.00630. The van der Waals surface area contributed by atoms with Gasteiger partial charge in [0.2, 0.25) is 0 Å². The van der Waals surface area contributed by atoms with Gasteiger partial charge in [-0.3, -0.25) is 9.78 Å². The Morgan fingerprint density at radius 1 is 1.29 bits per heavy atom. The molecule has 0 saturated heterocycles. The van der Waals surface area contributed by atoms with E-state index in [4.69, 9.17) is 0 Å². The first-order valence-corrected chi connectivity index (χ1v) is 7.11. The number of aryl methyl sites for hydroxylation is 1. The van der Waals surface area contributed by atoms with Gasteiger partial charge in [0.25, 0.3) is 5.91 Å². The Hall–Kier alpha value is -2.36. The lowest BCUT2D eigenvalue weighted by molar-refractivity contribution is 0.0783. The van der Waals surface area contributed by atoms with Crippen LogP contribution in [-0.4, -0.2) is 29.4 Å². The topological polar surface area (TPSA) is 45.2 Å². The highest BCUT2D eigenvalue weighted by Gasteiger charge is 2.13. The van der Waals surface area contributed by atoms with E-state index in [0.29, 0.717) is 12.1 Å². The van der Waals surface area contributed by atoms with Gasteiger partial charge >= 0.3 is 0 Å². The van der Waals surface area contributed by atoms with E-state index in [1.165, 1.54) is 0 Å². The van der Waals surface area contributed by atoms with Gasteiger partial charge in [-0.15, -0.1) is 0 Å². The molecule has 0 saturated carbocycles. The minimum Gasteiger partial charge on any atom is -0.385 e. The Bertz CT molecular complexity index is 611. The van der Waals surface area contributed by atoms with Crippen molar-refractivity contribution in [3.05, 3.63) is 59.4 Å². The summed E-state index contributed by atoms with van der Waals surface area (Å²) in [5.41, 5.74) is 3.73. The fraction of sp³-hybridized carbons (Fsp3) is 0.294. The quantitative estimate of drug-likeness (QED) is 0.917.